The van der Waals surface area contributed by atoms with Crippen molar-refractivity contribution in [1.29, 1.82) is 0 Å². The fourth-order valence-electron chi connectivity index (χ4n) is 2.48. The molecule has 0 saturated carbocycles. The van der Waals surface area contributed by atoms with Gasteiger partial charge >= 0.3 is 0 Å². The van der Waals surface area contributed by atoms with E-state index >= 15 is 0 Å². The SMILES string of the molecule is CCN(Cc1cccc(Cl)c1)C(=O)CCc1c(C)noc1C. The molecule has 0 atom stereocenters. The molecular weight excluding hydrogens is 300 g/mol. The predicted octanol–water partition coefficient (Wildman–Crippen LogP) is 3.93. The maximum atomic E-state index is 12.4. The van der Waals surface area contributed by atoms with Crippen molar-refractivity contribution < 1.29 is 9.32 Å². The number of carbonyl (C=O) groups is 1. The molecule has 0 fully saturated rings. The molecule has 1 heterocycles. The van der Waals surface area contributed by atoms with Crippen LogP contribution in [0.1, 0.15) is 35.9 Å². The maximum Gasteiger partial charge on any atom is 0.223 e. The van der Waals surface area contributed by atoms with Crippen molar-refractivity contribution in [3.8, 4) is 0 Å². The lowest BCUT2D eigenvalue weighted by Crippen LogP contribution is -2.30. The maximum absolute atomic E-state index is 12.4. The number of aromatic nitrogens is 1. The number of amides is 1. The molecular formula is C17H21ClN2O2. The Bertz CT molecular complexity index is 632. The van der Waals surface area contributed by atoms with Crippen LogP contribution in [0.3, 0.4) is 0 Å². The van der Waals surface area contributed by atoms with Crippen LogP contribution in [-0.4, -0.2) is 22.5 Å². The van der Waals surface area contributed by atoms with E-state index in [9.17, 15) is 4.79 Å². The highest BCUT2D eigenvalue weighted by Crippen LogP contribution is 2.16. The molecule has 1 aromatic carbocycles. The number of nitrogens with zero attached hydrogens (tertiary/aromatic N) is 2. The lowest BCUT2D eigenvalue weighted by Gasteiger charge is -2.21. The third-order valence-corrected chi connectivity index (χ3v) is 4.00. The summed E-state index contributed by atoms with van der Waals surface area (Å²) in [4.78, 5) is 14.3. The van der Waals surface area contributed by atoms with Gasteiger partial charge in [-0.2, -0.15) is 0 Å². The van der Waals surface area contributed by atoms with E-state index in [-0.39, 0.29) is 5.91 Å². The summed E-state index contributed by atoms with van der Waals surface area (Å²) < 4.78 is 5.13. The Labute approximate surface area is 136 Å². The predicted molar refractivity (Wildman–Crippen MR) is 86.8 cm³/mol. The second-order valence-corrected chi connectivity index (χ2v) is 5.78. The van der Waals surface area contributed by atoms with Gasteiger partial charge in [0.15, 0.2) is 0 Å². The van der Waals surface area contributed by atoms with Gasteiger partial charge in [0, 0.05) is 30.1 Å². The monoisotopic (exact) mass is 320 g/mol. The van der Waals surface area contributed by atoms with E-state index in [0.717, 1.165) is 22.6 Å². The van der Waals surface area contributed by atoms with Crippen LogP contribution < -0.4 is 0 Å². The van der Waals surface area contributed by atoms with Crippen molar-refractivity contribution in [2.45, 2.75) is 40.2 Å². The fourth-order valence-corrected chi connectivity index (χ4v) is 2.69. The third-order valence-electron chi connectivity index (χ3n) is 3.77. The van der Waals surface area contributed by atoms with E-state index in [4.69, 9.17) is 16.1 Å². The molecule has 1 aromatic heterocycles. The van der Waals surface area contributed by atoms with Gasteiger partial charge in [0.1, 0.15) is 5.76 Å². The zero-order chi connectivity index (χ0) is 16.1. The molecule has 2 rings (SSSR count). The van der Waals surface area contributed by atoms with Gasteiger partial charge in [-0.3, -0.25) is 4.79 Å². The number of hydrogen-bond acceptors (Lipinski definition) is 3. The molecule has 118 valence electrons. The summed E-state index contributed by atoms with van der Waals surface area (Å²) in [6.07, 6.45) is 1.11. The molecule has 0 aliphatic heterocycles. The molecule has 1 amide bonds. The lowest BCUT2D eigenvalue weighted by molar-refractivity contribution is -0.131. The molecule has 0 bridgehead atoms. The van der Waals surface area contributed by atoms with E-state index in [0.29, 0.717) is 31.0 Å². The minimum Gasteiger partial charge on any atom is -0.361 e. The van der Waals surface area contributed by atoms with Crippen LogP contribution in [0.15, 0.2) is 28.8 Å². The molecule has 0 N–H and O–H groups in total. The first kappa shape index (κ1) is 16.6. The zero-order valence-electron chi connectivity index (χ0n) is 13.2. The normalized spacial score (nSPS) is 10.7. The Hall–Kier alpha value is -1.81. The van der Waals surface area contributed by atoms with Crippen LogP contribution in [0.4, 0.5) is 0 Å². The highest BCUT2D eigenvalue weighted by molar-refractivity contribution is 6.30. The Morgan fingerprint density at radius 2 is 2.14 bits per heavy atom. The van der Waals surface area contributed by atoms with Crippen molar-refractivity contribution in [3.63, 3.8) is 0 Å². The van der Waals surface area contributed by atoms with Gasteiger partial charge < -0.3 is 9.42 Å². The minimum absolute atomic E-state index is 0.127. The molecule has 22 heavy (non-hydrogen) atoms. The van der Waals surface area contributed by atoms with E-state index in [1.54, 1.807) is 0 Å². The number of aryl methyl sites for hydroxylation is 2. The van der Waals surface area contributed by atoms with Gasteiger partial charge in [-0.25, -0.2) is 0 Å². The Morgan fingerprint density at radius 1 is 1.36 bits per heavy atom. The second kappa shape index (κ2) is 7.45. The first-order valence-corrected chi connectivity index (χ1v) is 7.83. The summed E-state index contributed by atoms with van der Waals surface area (Å²) in [6, 6.07) is 7.61. The summed E-state index contributed by atoms with van der Waals surface area (Å²) in [5, 5.41) is 4.61. The fraction of sp³-hybridized carbons (Fsp3) is 0.412. The van der Waals surface area contributed by atoms with Crippen LogP contribution >= 0.6 is 11.6 Å². The molecule has 4 nitrogen and oxygen atoms in total. The third kappa shape index (κ3) is 4.10. The summed E-state index contributed by atoms with van der Waals surface area (Å²) in [6.45, 7) is 7.02. The van der Waals surface area contributed by atoms with E-state index in [1.165, 1.54) is 0 Å². The molecule has 0 aliphatic carbocycles. The highest BCUT2D eigenvalue weighted by Gasteiger charge is 2.15. The Balaban J connectivity index is 1.97. The van der Waals surface area contributed by atoms with Gasteiger partial charge in [-0.15, -0.1) is 0 Å². The van der Waals surface area contributed by atoms with Crippen LogP contribution in [0.5, 0.6) is 0 Å². The molecule has 2 aromatic rings. The standard InChI is InChI=1S/C17H21ClN2O2/c1-4-20(11-14-6-5-7-15(18)10-14)17(21)9-8-16-12(2)19-22-13(16)3/h5-7,10H,4,8-9,11H2,1-3H3. The van der Waals surface area contributed by atoms with Crippen LogP contribution in [0.25, 0.3) is 0 Å². The van der Waals surface area contributed by atoms with Crippen LogP contribution in [-0.2, 0) is 17.8 Å². The van der Waals surface area contributed by atoms with Crippen molar-refractivity contribution in [2.24, 2.45) is 0 Å². The van der Waals surface area contributed by atoms with Gasteiger partial charge in [-0.1, -0.05) is 28.9 Å². The van der Waals surface area contributed by atoms with Crippen LogP contribution in [0, 0.1) is 13.8 Å². The largest absolute Gasteiger partial charge is 0.361 e. The van der Waals surface area contributed by atoms with Crippen molar-refractivity contribution in [2.75, 3.05) is 6.54 Å². The van der Waals surface area contributed by atoms with E-state index in [1.807, 2.05) is 49.9 Å². The number of carbonyl (C=O) groups excluding carboxylic acids is 1. The highest BCUT2D eigenvalue weighted by atomic mass is 35.5. The minimum atomic E-state index is 0.127. The summed E-state index contributed by atoms with van der Waals surface area (Å²) >= 11 is 5.99. The summed E-state index contributed by atoms with van der Waals surface area (Å²) in [5.74, 6) is 0.922. The molecule has 0 spiro atoms. The van der Waals surface area contributed by atoms with Crippen molar-refractivity contribution in [1.82, 2.24) is 10.1 Å². The summed E-state index contributed by atoms with van der Waals surface area (Å²) in [7, 11) is 0. The summed E-state index contributed by atoms with van der Waals surface area (Å²) in [5.41, 5.74) is 2.94. The van der Waals surface area contributed by atoms with Crippen molar-refractivity contribution >= 4 is 17.5 Å². The number of halogens is 1. The quantitative estimate of drug-likeness (QED) is 0.810. The van der Waals surface area contributed by atoms with Gasteiger partial charge in [0.05, 0.1) is 5.69 Å². The topological polar surface area (TPSA) is 46.3 Å². The van der Waals surface area contributed by atoms with E-state index < -0.39 is 0 Å². The first-order valence-electron chi connectivity index (χ1n) is 7.45. The van der Waals surface area contributed by atoms with Gasteiger partial charge in [0.25, 0.3) is 0 Å². The van der Waals surface area contributed by atoms with E-state index in [2.05, 4.69) is 5.16 Å². The molecule has 0 saturated heterocycles. The second-order valence-electron chi connectivity index (χ2n) is 5.34. The molecule has 5 heteroatoms. The van der Waals surface area contributed by atoms with Crippen molar-refractivity contribution in [3.05, 3.63) is 51.9 Å². The zero-order valence-corrected chi connectivity index (χ0v) is 14.0. The molecule has 0 unspecified atom stereocenters. The molecule has 0 aliphatic rings. The van der Waals surface area contributed by atoms with Gasteiger partial charge in [-0.05, 0) is 44.9 Å². The van der Waals surface area contributed by atoms with Gasteiger partial charge in [0.2, 0.25) is 5.91 Å². The Morgan fingerprint density at radius 3 is 2.73 bits per heavy atom. The molecule has 0 radical (unpaired) electrons. The number of rotatable bonds is 6. The van der Waals surface area contributed by atoms with Crippen LogP contribution in [0.2, 0.25) is 5.02 Å². The number of hydrogen-bond donors (Lipinski definition) is 0. The smallest absolute Gasteiger partial charge is 0.223 e. The average molecular weight is 321 g/mol. The first-order chi connectivity index (χ1) is 10.5. The Kier molecular flexibility index (Phi) is 5.61. The average Bonchev–Trinajstić information content (AvgIpc) is 2.81. The lowest BCUT2D eigenvalue weighted by atomic mass is 10.1. The number of benzene rings is 1.